The number of hydrogen-bond acceptors (Lipinski definition) is 1. The molecule has 2 nitrogen and oxygen atoms in total. The summed E-state index contributed by atoms with van der Waals surface area (Å²) in [6.07, 6.45) is 16.9. The Morgan fingerprint density at radius 3 is 1.38 bits per heavy atom. The molecule has 0 aromatic heterocycles. The molecule has 130 valence electrons. The highest BCUT2D eigenvalue weighted by atomic mass is 127. The van der Waals surface area contributed by atoms with Gasteiger partial charge in [0.25, 0.3) is 0 Å². The second kappa shape index (κ2) is 17.0. The van der Waals surface area contributed by atoms with Crippen molar-refractivity contribution in [3.05, 3.63) is 0 Å². The fourth-order valence-corrected chi connectivity index (χ4v) is 2.76. The maximum atomic E-state index is 8.98. The van der Waals surface area contributed by atoms with E-state index in [9.17, 15) is 0 Å². The number of aliphatic hydroxyl groups excluding tert-OH is 1. The number of halogens is 1. The van der Waals surface area contributed by atoms with Gasteiger partial charge in [0.05, 0.1) is 27.2 Å². The van der Waals surface area contributed by atoms with Gasteiger partial charge in [-0.1, -0.05) is 71.1 Å². The number of likely N-dealkylation sites (N-methyl/N-ethyl adjacent to an activating group) is 1. The minimum atomic E-state index is 0. The van der Waals surface area contributed by atoms with Crippen LogP contribution in [-0.4, -0.2) is 43.4 Å². The summed E-state index contributed by atoms with van der Waals surface area (Å²) in [5.41, 5.74) is 0. The van der Waals surface area contributed by atoms with Gasteiger partial charge in [-0.25, -0.2) is 0 Å². The lowest BCUT2D eigenvalue weighted by atomic mass is 10.1. The summed E-state index contributed by atoms with van der Waals surface area (Å²) in [6.45, 7) is 4.69. The van der Waals surface area contributed by atoms with Crippen molar-refractivity contribution in [2.45, 2.75) is 84.0 Å². The number of aliphatic hydroxyl groups is 1. The van der Waals surface area contributed by atoms with E-state index < -0.39 is 0 Å². The summed E-state index contributed by atoms with van der Waals surface area (Å²) in [5.74, 6) is 0. The topological polar surface area (TPSA) is 20.2 Å². The van der Waals surface area contributed by atoms with Crippen LogP contribution in [0, 0.1) is 0 Å². The largest absolute Gasteiger partial charge is 1.00 e. The Labute approximate surface area is 151 Å². The van der Waals surface area contributed by atoms with Gasteiger partial charge in [0, 0.05) is 0 Å². The van der Waals surface area contributed by atoms with Crippen LogP contribution in [0.5, 0.6) is 0 Å². The molecule has 1 N–H and O–H groups in total. The molecule has 0 aliphatic heterocycles. The van der Waals surface area contributed by atoms with Gasteiger partial charge in [-0.3, -0.25) is 0 Å². The van der Waals surface area contributed by atoms with Crippen LogP contribution in [0.4, 0.5) is 0 Å². The summed E-state index contributed by atoms with van der Waals surface area (Å²) in [6, 6.07) is 0. The van der Waals surface area contributed by atoms with Crippen LogP contribution in [0.25, 0.3) is 0 Å². The molecule has 3 heteroatoms. The summed E-state index contributed by atoms with van der Waals surface area (Å²) in [7, 11) is 4.43. The normalized spacial score (nSPS) is 11.4. The average Bonchev–Trinajstić information content (AvgIpc) is 2.40. The zero-order valence-corrected chi connectivity index (χ0v) is 17.0. The molecule has 0 saturated heterocycles. The Morgan fingerprint density at radius 1 is 0.619 bits per heavy atom. The first-order chi connectivity index (χ1) is 9.62. The average molecular weight is 413 g/mol. The van der Waals surface area contributed by atoms with Crippen molar-refractivity contribution in [1.82, 2.24) is 0 Å². The third kappa shape index (κ3) is 18.6. The highest BCUT2D eigenvalue weighted by Crippen LogP contribution is 2.12. The number of rotatable bonds is 15. The number of quaternary nitrogens is 1. The second-order valence-corrected chi connectivity index (χ2v) is 7.00. The van der Waals surface area contributed by atoms with Crippen LogP contribution in [0.15, 0.2) is 0 Å². The first kappa shape index (κ1) is 23.9. The monoisotopic (exact) mass is 413 g/mol. The van der Waals surface area contributed by atoms with E-state index >= 15 is 0 Å². The SMILES string of the molecule is CCCCCCCCCCCCCC[N+](C)(C)CCO.[I-]. The van der Waals surface area contributed by atoms with Crippen LogP contribution in [0.3, 0.4) is 0 Å². The van der Waals surface area contributed by atoms with Crippen molar-refractivity contribution in [3.8, 4) is 0 Å². The Morgan fingerprint density at radius 2 is 1.00 bits per heavy atom. The highest BCUT2D eigenvalue weighted by molar-refractivity contribution is 4.48. The van der Waals surface area contributed by atoms with Gasteiger partial charge in [-0.05, 0) is 12.8 Å². The standard InChI is InChI=1S/C18H40NO.HI/c1-4-5-6-7-8-9-10-11-12-13-14-15-16-19(2,3)17-18-20;/h20H,4-18H2,1-3H3;1H/q+1;/p-1. The van der Waals surface area contributed by atoms with Crippen molar-refractivity contribution in [3.63, 3.8) is 0 Å². The van der Waals surface area contributed by atoms with Gasteiger partial charge < -0.3 is 33.6 Å². The van der Waals surface area contributed by atoms with Crippen LogP contribution in [0.1, 0.15) is 84.0 Å². The molecule has 0 aliphatic carbocycles. The molecule has 0 atom stereocenters. The minimum absolute atomic E-state index is 0. The lowest BCUT2D eigenvalue weighted by Gasteiger charge is -2.28. The van der Waals surface area contributed by atoms with E-state index in [1.807, 2.05) is 0 Å². The lowest BCUT2D eigenvalue weighted by molar-refractivity contribution is -0.890. The molecule has 0 bridgehead atoms. The van der Waals surface area contributed by atoms with Crippen molar-refractivity contribution < 1.29 is 33.6 Å². The number of hydrogen-bond donors (Lipinski definition) is 1. The molecule has 0 rings (SSSR count). The zero-order chi connectivity index (χ0) is 15.1. The Balaban J connectivity index is 0. The van der Waals surface area contributed by atoms with Gasteiger partial charge in [-0.2, -0.15) is 0 Å². The van der Waals surface area contributed by atoms with Crippen LogP contribution < -0.4 is 24.0 Å². The summed E-state index contributed by atoms with van der Waals surface area (Å²) in [4.78, 5) is 0. The van der Waals surface area contributed by atoms with E-state index in [0.29, 0.717) is 6.61 Å². The van der Waals surface area contributed by atoms with E-state index in [4.69, 9.17) is 5.11 Å². The third-order valence-electron chi connectivity index (χ3n) is 4.32. The molecule has 0 fully saturated rings. The molecule has 21 heavy (non-hydrogen) atoms. The first-order valence-electron chi connectivity index (χ1n) is 9.05. The predicted molar refractivity (Wildman–Crippen MR) is 90.0 cm³/mol. The maximum absolute atomic E-state index is 8.98. The van der Waals surface area contributed by atoms with Gasteiger partial charge in [0.2, 0.25) is 0 Å². The smallest absolute Gasteiger partial charge is 0.102 e. The molecular weight excluding hydrogens is 373 g/mol. The van der Waals surface area contributed by atoms with Crippen molar-refractivity contribution in [2.75, 3.05) is 33.8 Å². The quantitative estimate of drug-likeness (QED) is 0.247. The maximum Gasteiger partial charge on any atom is 0.102 e. The minimum Gasteiger partial charge on any atom is -1.00 e. The van der Waals surface area contributed by atoms with Gasteiger partial charge in [0.15, 0.2) is 0 Å². The fraction of sp³-hybridized carbons (Fsp3) is 1.00. The van der Waals surface area contributed by atoms with Crippen molar-refractivity contribution in [2.24, 2.45) is 0 Å². The Kier molecular flexibility index (Phi) is 19.4. The van der Waals surface area contributed by atoms with Crippen molar-refractivity contribution >= 4 is 0 Å². The molecule has 0 radical (unpaired) electrons. The van der Waals surface area contributed by atoms with E-state index in [0.717, 1.165) is 11.0 Å². The van der Waals surface area contributed by atoms with E-state index in [2.05, 4.69) is 21.0 Å². The van der Waals surface area contributed by atoms with Crippen LogP contribution >= 0.6 is 0 Å². The number of nitrogens with zero attached hydrogens (tertiary/aromatic N) is 1. The van der Waals surface area contributed by atoms with E-state index in [-0.39, 0.29) is 24.0 Å². The first-order valence-corrected chi connectivity index (χ1v) is 9.05. The van der Waals surface area contributed by atoms with Crippen LogP contribution in [0.2, 0.25) is 0 Å². The summed E-state index contributed by atoms with van der Waals surface area (Å²) < 4.78 is 0.967. The molecule has 0 aromatic carbocycles. The Hall–Kier alpha value is 0.650. The van der Waals surface area contributed by atoms with Gasteiger partial charge >= 0.3 is 0 Å². The predicted octanol–water partition coefficient (Wildman–Crippen LogP) is 1.76. The lowest BCUT2D eigenvalue weighted by Crippen LogP contribution is -3.00. The van der Waals surface area contributed by atoms with E-state index in [1.54, 1.807) is 0 Å². The molecule has 0 unspecified atom stereocenters. The van der Waals surface area contributed by atoms with Gasteiger partial charge in [0.1, 0.15) is 6.54 Å². The fourth-order valence-electron chi connectivity index (χ4n) is 2.76. The van der Waals surface area contributed by atoms with Crippen LogP contribution in [-0.2, 0) is 0 Å². The van der Waals surface area contributed by atoms with Crippen molar-refractivity contribution in [1.29, 1.82) is 0 Å². The third-order valence-corrected chi connectivity index (χ3v) is 4.32. The zero-order valence-electron chi connectivity index (χ0n) is 14.9. The molecule has 0 amide bonds. The molecule has 0 aliphatic rings. The molecule has 0 aromatic rings. The van der Waals surface area contributed by atoms with Gasteiger partial charge in [-0.15, -0.1) is 0 Å². The second-order valence-electron chi connectivity index (χ2n) is 7.00. The molecule has 0 spiro atoms. The molecule has 0 heterocycles. The highest BCUT2D eigenvalue weighted by Gasteiger charge is 2.12. The van der Waals surface area contributed by atoms with E-state index in [1.165, 1.54) is 83.6 Å². The summed E-state index contributed by atoms with van der Waals surface area (Å²) >= 11 is 0. The molecular formula is C18H40INO. The Bertz CT molecular complexity index is 198. The number of unbranched alkanes of at least 4 members (excludes halogenated alkanes) is 11. The summed E-state index contributed by atoms with van der Waals surface area (Å²) in [5, 5.41) is 8.98. The molecule has 0 saturated carbocycles.